The van der Waals surface area contributed by atoms with Crippen molar-refractivity contribution in [3.63, 3.8) is 0 Å². The van der Waals surface area contributed by atoms with Gasteiger partial charge in [-0.25, -0.2) is 13.2 Å². The van der Waals surface area contributed by atoms with Gasteiger partial charge in [0.05, 0.1) is 0 Å². The van der Waals surface area contributed by atoms with E-state index < -0.39 is 17.5 Å². The Bertz CT molecular complexity index is 611. The molecule has 0 bridgehead atoms. The van der Waals surface area contributed by atoms with Gasteiger partial charge in [-0.15, -0.1) is 0 Å². The summed E-state index contributed by atoms with van der Waals surface area (Å²) in [6.45, 7) is 4.70. The van der Waals surface area contributed by atoms with Crippen molar-refractivity contribution in [2.75, 3.05) is 6.54 Å². The molecule has 0 aliphatic carbocycles. The molecule has 0 heterocycles. The van der Waals surface area contributed by atoms with Crippen molar-refractivity contribution in [2.24, 2.45) is 0 Å². The van der Waals surface area contributed by atoms with Crippen LogP contribution in [0.15, 0.2) is 36.4 Å². The molecule has 2 aromatic rings. The van der Waals surface area contributed by atoms with Gasteiger partial charge in [-0.2, -0.15) is 0 Å². The maximum Gasteiger partial charge on any atom is 0.134 e. The molecule has 20 heavy (non-hydrogen) atoms. The topological polar surface area (TPSA) is 12.0 Å². The van der Waals surface area contributed by atoms with Crippen LogP contribution in [-0.2, 0) is 0 Å². The molecule has 106 valence electrons. The minimum Gasteiger partial charge on any atom is -0.310 e. The minimum absolute atomic E-state index is 0.0304. The lowest BCUT2D eigenvalue weighted by Gasteiger charge is -2.15. The lowest BCUT2D eigenvalue weighted by atomic mass is 9.99. The summed E-state index contributed by atoms with van der Waals surface area (Å²) in [4.78, 5) is 0. The number of rotatable bonds is 4. The maximum atomic E-state index is 13.9. The molecule has 2 rings (SSSR count). The van der Waals surface area contributed by atoms with Crippen LogP contribution in [0.2, 0.25) is 0 Å². The molecule has 1 unspecified atom stereocenters. The molecule has 0 amide bonds. The summed E-state index contributed by atoms with van der Waals surface area (Å²) in [6.07, 6.45) is 0. The standard InChI is InChI=1S/C16H16F3N/c1-3-20-10(2)11-4-7-15(18)14(8-11)13-6-5-12(17)9-16(13)19/h4-10,20H,3H2,1-2H3. The van der Waals surface area contributed by atoms with Crippen molar-refractivity contribution in [3.05, 3.63) is 59.4 Å². The SMILES string of the molecule is CCNC(C)c1ccc(F)c(-c2ccc(F)cc2F)c1. The van der Waals surface area contributed by atoms with E-state index in [-0.39, 0.29) is 17.2 Å². The molecule has 0 aliphatic rings. The zero-order valence-corrected chi connectivity index (χ0v) is 11.4. The van der Waals surface area contributed by atoms with E-state index in [1.807, 2.05) is 13.8 Å². The first-order valence-electron chi connectivity index (χ1n) is 6.51. The second-order valence-corrected chi connectivity index (χ2v) is 4.64. The van der Waals surface area contributed by atoms with E-state index >= 15 is 0 Å². The molecule has 4 heteroatoms. The van der Waals surface area contributed by atoms with E-state index in [1.54, 1.807) is 12.1 Å². The first kappa shape index (κ1) is 14.6. The Morgan fingerprint density at radius 1 is 0.950 bits per heavy atom. The van der Waals surface area contributed by atoms with Gasteiger partial charge in [0, 0.05) is 23.2 Å². The van der Waals surface area contributed by atoms with E-state index in [0.717, 1.165) is 24.2 Å². The number of nitrogens with one attached hydrogen (secondary N) is 1. The summed E-state index contributed by atoms with van der Waals surface area (Å²) in [5.74, 6) is -1.97. The molecule has 0 aliphatic heterocycles. The number of hydrogen-bond acceptors (Lipinski definition) is 1. The van der Waals surface area contributed by atoms with Crippen molar-refractivity contribution in [1.29, 1.82) is 0 Å². The third kappa shape index (κ3) is 3.02. The van der Waals surface area contributed by atoms with Gasteiger partial charge < -0.3 is 5.32 Å². The summed E-state index contributed by atoms with van der Waals surface area (Å²) in [7, 11) is 0. The predicted octanol–water partition coefficient (Wildman–Crippen LogP) is 4.44. The van der Waals surface area contributed by atoms with Crippen LogP contribution in [0.4, 0.5) is 13.2 Å². The summed E-state index contributed by atoms with van der Waals surface area (Å²) < 4.78 is 40.6. The summed E-state index contributed by atoms with van der Waals surface area (Å²) in [5.41, 5.74) is 1.06. The Hall–Kier alpha value is -1.81. The van der Waals surface area contributed by atoms with Crippen LogP contribution < -0.4 is 5.32 Å². The lowest BCUT2D eigenvalue weighted by Crippen LogP contribution is -2.17. The highest BCUT2D eigenvalue weighted by molar-refractivity contribution is 5.65. The second-order valence-electron chi connectivity index (χ2n) is 4.64. The fourth-order valence-corrected chi connectivity index (χ4v) is 2.15. The number of halogens is 3. The average molecular weight is 279 g/mol. The van der Waals surface area contributed by atoms with Crippen molar-refractivity contribution in [3.8, 4) is 11.1 Å². The zero-order chi connectivity index (χ0) is 14.7. The van der Waals surface area contributed by atoms with Crippen molar-refractivity contribution < 1.29 is 13.2 Å². The van der Waals surface area contributed by atoms with E-state index in [1.165, 1.54) is 12.1 Å². The molecule has 0 radical (unpaired) electrons. The first-order chi connectivity index (χ1) is 9.52. The molecule has 0 saturated heterocycles. The Labute approximate surface area is 116 Å². The van der Waals surface area contributed by atoms with Gasteiger partial charge in [-0.1, -0.05) is 13.0 Å². The first-order valence-corrected chi connectivity index (χ1v) is 6.51. The fraction of sp³-hybridized carbons (Fsp3) is 0.250. The minimum atomic E-state index is -0.767. The summed E-state index contributed by atoms with van der Waals surface area (Å²) >= 11 is 0. The van der Waals surface area contributed by atoms with Gasteiger partial charge in [0.2, 0.25) is 0 Å². The van der Waals surface area contributed by atoms with Crippen LogP contribution in [0.3, 0.4) is 0 Å². The largest absolute Gasteiger partial charge is 0.310 e. The molecule has 1 N–H and O–H groups in total. The number of benzene rings is 2. The van der Waals surface area contributed by atoms with Gasteiger partial charge in [-0.05, 0) is 43.3 Å². The summed E-state index contributed by atoms with van der Waals surface area (Å²) in [6, 6.07) is 7.73. The van der Waals surface area contributed by atoms with E-state index in [2.05, 4.69) is 5.32 Å². The molecular formula is C16H16F3N. The highest BCUT2D eigenvalue weighted by Gasteiger charge is 2.13. The molecule has 2 aromatic carbocycles. The fourth-order valence-electron chi connectivity index (χ4n) is 2.15. The Kier molecular flexibility index (Phi) is 4.45. The van der Waals surface area contributed by atoms with Crippen LogP contribution in [0.5, 0.6) is 0 Å². The maximum absolute atomic E-state index is 13.9. The van der Waals surface area contributed by atoms with Crippen LogP contribution >= 0.6 is 0 Å². The van der Waals surface area contributed by atoms with E-state index in [9.17, 15) is 13.2 Å². The highest BCUT2D eigenvalue weighted by Crippen LogP contribution is 2.28. The third-order valence-corrected chi connectivity index (χ3v) is 3.22. The molecule has 1 atom stereocenters. The predicted molar refractivity (Wildman–Crippen MR) is 73.8 cm³/mol. The van der Waals surface area contributed by atoms with Gasteiger partial charge in [0.1, 0.15) is 17.5 Å². The summed E-state index contributed by atoms with van der Waals surface area (Å²) in [5, 5.41) is 3.21. The Morgan fingerprint density at radius 2 is 1.70 bits per heavy atom. The molecule has 0 saturated carbocycles. The van der Waals surface area contributed by atoms with Crippen LogP contribution in [0.25, 0.3) is 11.1 Å². The molecule has 0 aromatic heterocycles. The van der Waals surface area contributed by atoms with Crippen molar-refractivity contribution in [2.45, 2.75) is 19.9 Å². The smallest absolute Gasteiger partial charge is 0.134 e. The van der Waals surface area contributed by atoms with Gasteiger partial charge in [0.15, 0.2) is 0 Å². The quantitative estimate of drug-likeness (QED) is 0.872. The second kappa shape index (κ2) is 6.09. The van der Waals surface area contributed by atoms with E-state index in [0.29, 0.717) is 0 Å². The molecule has 0 spiro atoms. The highest BCUT2D eigenvalue weighted by atomic mass is 19.1. The normalized spacial score (nSPS) is 12.4. The van der Waals surface area contributed by atoms with Crippen molar-refractivity contribution in [1.82, 2.24) is 5.32 Å². The van der Waals surface area contributed by atoms with Crippen molar-refractivity contribution >= 4 is 0 Å². The monoisotopic (exact) mass is 279 g/mol. The third-order valence-electron chi connectivity index (χ3n) is 3.22. The van der Waals surface area contributed by atoms with E-state index in [4.69, 9.17) is 0 Å². The Balaban J connectivity index is 2.47. The number of hydrogen-bond donors (Lipinski definition) is 1. The van der Waals surface area contributed by atoms with Crippen LogP contribution in [0.1, 0.15) is 25.5 Å². The van der Waals surface area contributed by atoms with Gasteiger partial charge in [-0.3, -0.25) is 0 Å². The molecule has 1 nitrogen and oxygen atoms in total. The molecule has 0 fully saturated rings. The van der Waals surface area contributed by atoms with Gasteiger partial charge in [0.25, 0.3) is 0 Å². The van der Waals surface area contributed by atoms with Crippen LogP contribution in [-0.4, -0.2) is 6.54 Å². The lowest BCUT2D eigenvalue weighted by molar-refractivity contribution is 0.580. The molecular weight excluding hydrogens is 263 g/mol. The van der Waals surface area contributed by atoms with Crippen LogP contribution in [0, 0.1) is 17.5 Å². The zero-order valence-electron chi connectivity index (χ0n) is 11.4. The Morgan fingerprint density at radius 3 is 2.35 bits per heavy atom. The van der Waals surface area contributed by atoms with Gasteiger partial charge >= 0.3 is 0 Å². The average Bonchev–Trinajstić information content (AvgIpc) is 2.40.